The maximum atomic E-state index is 12.8. The highest BCUT2D eigenvalue weighted by Crippen LogP contribution is 2.18. The molecule has 1 N–H and O–H groups in total. The van der Waals surface area contributed by atoms with Gasteiger partial charge in [-0.2, -0.15) is 0 Å². The summed E-state index contributed by atoms with van der Waals surface area (Å²) in [7, 11) is 3.04. The van der Waals surface area contributed by atoms with Crippen LogP contribution in [0.4, 0.5) is 5.69 Å². The van der Waals surface area contributed by atoms with E-state index in [4.69, 9.17) is 0 Å². The summed E-state index contributed by atoms with van der Waals surface area (Å²) in [5.41, 5.74) is 0.538. The zero-order valence-electron chi connectivity index (χ0n) is 15.0. The number of fused-ring (bicyclic) bond motifs is 1. The molecule has 8 heteroatoms. The summed E-state index contributed by atoms with van der Waals surface area (Å²) in [4.78, 5) is 41.6. The van der Waals surface area contributed by atoms with Gasteiger partial charge in [-0.05, 0) is 24.6 Å². The van der Waals surface area contributed by atoms with Crippen LogP contribution in [0.3, 0.4) is 0 Å². The van der Waals surface area contributed by atoms with Gasteiger partial charge in [0.2, 0.25) is 0 Å². The summed E-state index contributed by atoms with van der Waals surface area (Å²) < 4.78 is 4.20. The van der Waals surface area contributed by atoms with E-state index in [-0.39, 0.29) is 5.91 Å². The summed E-state index contributed by atoms with van der Waals surface area (Å²) in [5, 5.41) is 3.13. The molecule has 3 aromatic rings. The molecule has 3 rings (SSSR count). The third-order valence-electron chi connectivity index (χ3n) is 4.38. The number of nitrogens with one attached hydrogen (secondary N) is 1. The first kappa shape index (κ1) is 17.7. The van der Waals surface area contributed by atoms with Gasteiger partial charge >= 0.3 is 5.69 Å². The number of carbonyl (C=O) groups is 1. The van der Waals surface area contributed by atoms with Gasteiger partial charge in [0.25, 0.3) is 11.5 Å². The van der Waals surface area contributed by atoms with Crippen LogP contribution in [0.15, 0.2) is 40.2 Å². The molecule has 0 aliphatic heterocycles. The maximum absolute atomic E-state index is 12.8. The Labute approximate surface area is 149 Å². The van der Waals surface area contributed by atoms with Gasteiger partial charge in [0.15, 0.2) is 0 Å². The second kappa shape index (κ2) is 6.99. The number of aryl methyl sites for hydroxylation is 2. The Balaban J connectivity index is 2.19. The Kier molecular flexibility index (Phi) is 4.75. The van der Waals surface area contributed by atoms with Crippen molar-refractivity contribution < 1.29 is 4.79 Å². The Morgan fingerprint density at radius 1 is 1.23 bits per heavy atom. The van der Waals surface area contributed by atoms with E-state index in [9.17, 15) is 14.4 Å². The minimum atomic E-state index is -0.419. The van der Waals surface area contributed by atoms with E-state index in [1.54, 1.807) is 42.2 Å². The molecule has 0 aromatic carbocycles. The zero-order valence-corrected chi connectivity index (χ0v) is 15.0. The molecule has 3 aromatic heterocycles. The fourth-order valence-corrected chi connectivity index (χ4v) is 3.00. The van der Waals surface area contributed by atoms with Crippen LogP contribution in [0, 0.1) is 0 Å². The van der Waals surface area contributed by atoms with E-state index < -0.39 is 11.2 Å². The van der Waals surface area contributed by atoms with Crippen molar-refractivity contribution in [2.75, 3.05) is 5.32 Å². The first-order chi connectivity index (χ1) is 12.5. The number of carbonyl (C=O) groups excluding carboxylic acids is 1. The summed E-state index contributed by atoms with van der Waals surface area (Å²) in [6.07, 6.45) is 4.90. The lowest BCUT2D eigenvalue weighted by Gasteiger charge is -2.12. The molecule has 0 saturated heterocycles. The van der Waals surface area contributed by atoms with Crippen molar-refractivity contribution in [3.63, 3.8) is 0 Å². The van der Waals surface area contributed by atoms with E-state index in [2.05, 4.69) is 10.3 Å². The molecule has 1 amide bonds. The number of anilines is 1. The molecule has 136 valence electrons. The van der Waals surface area contributed by atoms with Crippen molar-refractivity contribution in [1.29, 1.82) is 0 Å². The minimum Gasteiger partial charge on any atom is -0.322 e. The van der Waals surface area contributed by atoms with Gasteiger partial charge in [-0.15, -0.1) is 0 Å². The maximum Gasteiger partial charge on any atom is 0.332 e. The Morgan fingerprint density at radius 2 is 2.00 bits per heavy atom. The molecule has 0 radical (unpaired) electrons. The summed E-state index contributed by atoms with van der Waals surface area (Å²) in [6, 6.07) is 5.01. The van der Waals surface area contributed by atoms with Gasteiger partial charge in [-0.1, -0.05) is 13.3 Å². The first-order valence-corrected chi connectivity index (χ1v) is 8.46. The van der Waals surface area contributed by atoms with Crippen LogP contribution in [0.1, 0.15) is 30.3 Å². The van der Waals surface area contributed by atoms with Crippen molar-refractivity contribution in [1.82, 2.24) is 18.7 Å². The largest absolute Gasteiger partial charge is 0.332 e. The number of unbranched alkanes of at least 4 members (excludes halogenated alkanes) is 1. The van der Waals surface area contributed by atoms with Crippen molar-refractivity contribution in [3.8, 4) is 0 Å². The van der Waals surface area contributed by atoms with Crippen LogP contribution in [0.2, 0.25) is 0 Å². The molecule has 0 fully saturated rings. The lowest BCUT2D eigenvalue weighted by molar-refractivity contribution is 0.101. The Bertz CT molecular complexity index is 1080. The number of amides is 1. The lowest BCUT2D eigenvalue weighted by atomic mass is 10.3. The van der Waals surface area contributed by atoms with Gasteiger partial charge in [0.05, 0.1) is 17.3 Å². The summed E-state index contributed by atoms with van der Waals surface area (Å²) >= 11 is 0. The third kappa shape index (κ3) is 2.94. The molecule has 26 heavy (non-hydrogen) atoms. The molecule has 8 nitrogen and oxygen atoms in total. The summed E-state index contributed by atoms with van der Waals surface area (Å²) in [5.74, 6) is -0.347. The predicted molar refractivity (Wildman–Crippen MR) is 99.5 cm³/mol. The van der Waals surface area contributed by atoms with Crippen LogP contribution < -0.4 is 16.6 Å². The van der Waals surface area contributed by atoms with E-state index in [0.717, 1.165) is 17.4 Å². The summed E-state index contributed by atoms with van der Waals surface area (Å²) in [6.45, 7) is 2.58. The quantitative estimate of drug-likeness (QED) is 0.751. The average molecular weight is 355 g/mol. The van der Waals surface area contributed by atoms with Crippen LogP contribution in [0.5, 0.6) is 0 Å². The molecular weight excluding hydrogens is 334 g/mol. The highest BCUT2D eigenvalue weighted by Gasteiger charge is 2.21. The van der Waals surface area contributed by atoms with Crippen LogP contribution in [-0.2, 0) is 20.6 Å². The van der Waals surface area contributed by atoms with Crippen molar-refractivity contribution in [2.45, 2.75) is 26.3 Å². The van der Waals surface area contributed by atoms with Gasteiger partial charge in [-0.25, -0.2) is 4.79 Å². The van der Waals surface area contributed by atoms with E-state index in [1.165, 1.54) is 11.6 Å². The predicted octanol–water partition coefficient (Wildman–Crippen LogP) is 1.49. The smallest absolute Gasteiger partial charge is 0.322 e. The van der Waals surface area contributed by atoms with Gasteiger partial charge in [-0.3, -0.25) is 23.7 Å². The third-order valence-corrected chi connectivity index (χ3v) is 4.38. The van der Waals surface area contributed by atoms with E-state index >= 15 is 0 Å². The number of hydrogen-bond acceptors (Lipinski definition) is 4. The molecule has 0 saturated carbocycles. The highest BCUT2D eigenvalue weighted by atomic mass is 16.2. The topological polar surface area (TPSA) is 90.9 Å². The minimum absolute atomic E-state index is 0.343. The Hall–Kier alpha value is -3.16. The molecule has 0 bridgehead atoms. The normalized spacial score (nSPS) is 11.0. The second-order valence-electron chi connectivity index (χ2n) is 6.17. The van der Waals surface area contributed by atoms with E-state index in [0.29, 0.717) is 29.0 Å². The fourth-order valence-electron chi connectivity index (χ4n) is 3.00. The number of pyridine rings is 1. The first-order valence-electron chi connectivity index (χ1n) is 8.46. The van der Waals surface area contributed by atoms with Crippen molar-refractivity contribution in [3.05, 3.63) is 57.1 Å². The van der Waals surface area contributed by atoms with E-state index in [1.807, 2.05) is 6.92 Å². The number of rotatable bonds is 5. The monoisotopic (exact) mass is 355 g/mol. The van der Waals surface area contributed by atoms with Gasteiger partial charge < -0.3 is 9.88 Å². The van der Waals surface area contributed by atoms with Crippen LogP contribution in [-0.4, -0.2) is 24.6 Å². The SMILES string of the molecule is CCCCn1c(C(=O)Nc2cccnc2)cc2c(=O)n(C)c(=O)n(C)c21. The average Bonchev–Trinajstić information content (AvgIpc) is 3.03. The van der Waals surface area contributed by atoms with Gasteiger partial charge in [0, 0.05) is 26.8 Å². The molecule has 3 heterocycles. The molecule has 0 aliphatic rings. The molecule has 0 aliphatic carbocycles. The highest BCUT2D eigenvalue weighted by molar-refractivity contribution is 6.05. The number of nitrogens with zero attached hydrogens (tertiary/aromatic N) is 4. The Morgan fingerprint density at radius 3 is 2.65 bits per heavy atom. The lowest BCUT2D eigenvalue weighted by Crippen LogP contribution is -2.37. The zero-order chi connectivity index (χ0) is 18.8. The number of aromatic nitrogens is 4. The molecule has 0 atom stereocenters. The molecular formula is C18H21N5O3. The molecule has 0 spiro atoms. The standard InChI is InChI=1S/C18H21N5O3/c1-4-5-9-23-14(15(24)20-12-7-6-8-19-11-12)10-13-16(23)21(2)18(26)22(3)17(13)25/h6-8,10-11H,4-5,9H2,1-3H3,(H,20,24). The van der Waals surface area contributed by atoms with Crippen molar-refractivity contribution >= 4 is 22.6 Å². The van der Waals surface area contributed by atoms with Crippen LogP contribution >= 0.6 is 0 Å². The van der Waals surface area contributed by atoms with Crippen molar-refractivity contribution in [2.24, 2.45) is 14.1 Å². The molecule has 0 unspecified atom stereocenters. The second-order valence-corrected chi connectivity index (χ2v) is 6.17. The number of hydrogen-bond donors (Lipinski definition) is 1. The van der Waals surface area contributed by atoms with Gasteiger partial charge in [0.1, 0.15) is 11.3 Å². The van der Waals surface area contributed by atoms with Crippen LogP contribution in [0.25, 0.3) is 11.0 Å². The fraction of sp³-hybridized carbons (Fsp3) is 0.333.